The Morgan fingerprint density at radius 2 is 2.24 bits per heavy atom. The summed E-state index contributed by atoms with van der Waals surface area (Å²) in [6.07, 6.45) is 3.97. The maximum Gasteiger partial charge on any atom is 0.125 e. The van der Waals surface area contributed by atoms with Crippen molar-refractivity contribution in [3.63, 3.8) is 0 Å². The molecule has 110 valence electrons. The van der Waals surface area contributed by atoms with Crippen molar-refractivity contribution in [3.8, 4) is 5.75 Å². The van der Waals surface area contributed by atoms with Gasteiger partial charge < -0.3 is 10.1 Å². The second kappa shape index (κ2) is 6.58. The van der Waals surface area contributed by atoms with Crippen LogP contribution in [-0.4, -0.2) is 11.6 Å². The van der Waals surface area contributed by atoms with Crippen LogP contribution in [0.25, 0.3) is 0 Å². The van der Waals surface area contributed by atoms with Gasteiger partial charge in [0.05, 0.1) is 12.3 Å². The van der Waals surface area contributed by atoms with Gasteiger partial charge in [0, 0.05) is 28.3 Å². The van der Waals surface area contributed by atoms with Crippen LogP contribution in [0, 0.1) is 0 Å². The number of benzene rings is 1. The number of rotatable bonds is 3. The monoisotopic (exact) mass is 346 g/mol. The summed E-state index contributed by atoms with van der Waals surface area (Å²) >= 11 is 3.51. The minimum atomic E-state index is 0.214. The fraction of sp³-hybridized carbons (Fsp3) is 0.353. The van der Waals surface area contributed by atoms with Crippen molar-refractivity contribution in [1.82, 2.24) is 10.3 Å². The summed E-state index contributed by atoms with van der Waals surface area (Å²) in [5, 5.41) is 3.69. The highest BCUT2D eigenvalue weighted by Gasteiger charge is 2.22. The Labute approximate surface area is 133 Å². The summed E-state index contributed by atoms with van der Waals surface area (Å²) in [7, 11) is 0. The minimum Gasteiger partial charge on any atom is -0.493 e. The Bertz CT molecular complexity index is 603. The lowest BCUT2D eigenvalue weighted by atomic mass is 10.0. The third-order valence-electron chi connectivity index (χ3n) is 3.83. The highest BCUT2D eigenvalue weighted by molar-refractivity contribution is 9.10. The molecule has 1 aromatic heterocycles. The predicted octanol–water partition coefficient (Wildman–Crippen LogP) is 4.41. The molecule has 0 amide bonds. The van der Waals surface area contributed by atoms with Crippen molar-refractivity contribution in [1.29, 1.82) is 0 Å². The fourth-order valence-electron chi connectivity index (χ4n) is 2.74. The normalized spacial score (nSPS) is 19.2. The number of ether oxygens (including phenoxy) is 1. The van der Waals surface area contributed by atoms with Crippen LogP contribution in [0.5, 0.6) is 5.75 Å². The van der Waals surface area contributed by atoms with Crippen LogP contribution in [0.2, 0.25) is 0 Å². The maximum absolute atomic E-state index is 5.86. The first-order valence-electron chi connectivity index (χ1n) is 7.33. The Morgan fingerprint density at radius 3 is 3.05 bits per heavy atom. The predicted molar refractivity (Wildman–Crippen MR) is 87.4 cm³/mol. The van der Waals surface area contributed by atoms with Gasteiger partial charge in [-0.2, -0.15) is 0 Å². The molecule has 1 aliphatic rings. The summed E-state index contributed by atoms with van der Waals surface area (Å²) in [5.74, 6) is 0.979. The second-order valence-corrected chi connectivity index (χ2v) is 6.28. The van der Waals surface area contributed by atoms with E-state index in [1.54, 1.807) is 0 Å². The van der Waals surface area contributed by atoms with Gasteiger partial charge in [-0.05, 0) is 44.0 Å². The molecule has 1 aromatic carbocycles. The van der Waals surface area contributed by atoms with Gasteiger partial charge in [-0.1, -0.05) is 28.1 Å². The van der Waals surface area contributed by atoms with Crippen LogP contribution in [0.3, 0.4) is 0 Å². The molecule has 0 saturated carbocycles. The summed E-state index contributed by atoms with van der Waals surface area (Å²) in [6.45, 7) is 2.94. The molecule has 2 heterocycles. The fourth-order valence-corrected chi connectivity index (χ4v) is 3.08. The van der Waals surface area contributed by atoms with Crippen molar-refractivity contribution in [2.75, 3.05) is 6.61 Å². The first-order valence-corrected chi connectivity index (χ1v) is 8.12. The molecular formula is C17H19BrN2O. The Hall–Kier alpha value is -1.39. The van der Waals surface area contributed by atoms with Gasteiger partial charge in [0.1, 0.15) is 5.75 Å². The highest BCUT2D eigenvalue weighted by atomic mass is 79.9. The quantitative estimate of drug-likeness (QED) is 0.893. The maximum atomic E-state index is 5.86. The molecule has 21 heavy (non-hydrogen) atoms. The molecule has 4 heteroatoms. The van der Waals surface area contributed by atoms with E-state index in [1.165, 1.54) is 5.56 Å². The lowest BCUT2D eigenvalue weighted by Gasteiger charge is -2.23. The van der Waals surface area contributed by atoms with Gasteiger partial charge in [0.2, 0.25) is 0 Å². The third-order valence-corrected chi connectivity index (χ3v) is 4.32. The number of fused-ring (bicyclic) bond motifs is 1. The average Bonchev–Trinajstić information content (AvgIpc) is 2.70. The Balaban J connectivity index is 1.82. The lowest BCUT2D eigenvalue weighted by molar-refractivity contribution is 0.314. The van der Waals surface area contributed by atoms with E-state index in [2.05, 4.69) is 57.4 Å². The minimum absolute atomic E-state index is 0.214. The van der Waals surface area contributed by atoms with Gasteiger partial charge in [0.25, 0.3) is 0 Å². The number of hydrogen-bond acceptors (Lipinski definition) is 3. The zero-order valence-electron chi connectivity index (χ0n) is 12.1. The molecule has 2 aromatic rings. The van der Waals surface area contributed by atoms with Crippen LogP contribution >= 0.6 is 15.9 Å². The molecule has 0 bridgehead atoms. The molecule has 0 radical (unpaired) electrons. The molecule has 0 saturated heterocycles. The number of hydrogen-bond donors (Lipinski definition) is 1. The van der Waals surface area contributed by atoms with Crippen LogP contribution in [-0.2, 0) is 0 Å². The highest BCUT2D eigenvalue weighted by Crippen LogP contribution is 2.34. The van der Waals surface area contributed by atoms with Gasteiger partial charge in [0.15, 0.2) is 0 Å². The van der Waals surface area contributed by atoms with Crippen LogP contribution < -0.4 is 10.1 Å². The first kappa shape index (κ1) is 14.5. The van der Waals surface area contributed by atoms with E-state index >= 15 is 0 Å². The molecule has 2 atom stereocenters. The van der Waals surface area contributed by atoms with Gasteiger partial charge in [-0.15, -0.1) is 0 Å². The second-order valence-electron chi connectivity index (χ2n) is 5.37. The van der Waals surface area contributed by atoms with Crippen LogP contribution in [0.1, 0.15) is 43.1 Å². The van der Waals surface area contributed by atoms with E-state index in [9.17, 15) is 0 Å². The summed E-state index contributed by atoms with van der Waals surface area (Å²) in [4.78, 5) is 4.44. The van der Waals surface area contributed by atoms with E-state index in [4.69, 9.17) is 4.74 Å². The van der Waals surface area contributed by atoms with E-state index in [1.807, 2.05) is 18.3 Å². The van der Waals surface area contributed by atoms with Crippen molar-refractivity contribution in [3.05, 3.63) is 58.3 Å². The molecule has 1 N–H and O–H groups in total. The van der Waals surface area contributed by atoms with E-state index < -0.39 is 0 Å². The zero-order valence-corrected chi connectivity index (χ0v) is 13.6. The zero-order chi connectivity index (χ0) is 14.7. The Kier molecular flexibility index (Phi) is 4.56. The molecule has 0 aliphatic carbocycles. The Morgan fingerprint density at radius 1 is 1.33 bits per heavy atom. The first-order chi connectivity index (χ1) is 10.2. The number of pyridine rings is 1. The number of halogens is 1. The van der Waals surface area contributed by atoms with Crippen molar-refractivity contribution < 1.29 is 4.74 Å². The SMILES string of the molecule is C[C@@H](NC1CCCOc2cc(Br)ccc21)c1ccccn1. The standard InChI is InChI=1S/C17H19BrN2O/c1-12(15-5-2-3-9-19-15)20-16-6-4-10-21-17-11-13(18)7-8-14(16)17/h2-3,5,7-9,11-12,16,20H,4,6,10H2,1H3/t12-,16?/m1/s1. The van der Waals surface area contributed by atoms with Gasteiger partial charge >= 0.3 is 0 Å². The molecule has 3 rings (SSSR count). The largest absolute Gasteiger partial charge is 0.493 e. The van der Waals surface area contributed by atoms with Gasteiger partial charge in [-0.3, -0.25) is 4.98 Å². The van der Waals surface area contributed by atoms with Crippen LogP contribution in [0.4, 0.5) is 0 Å². The molecule has 1 aliphatic heterocycles. The lowest BCUT2D eigenvalue weighted by Crippen LogP contribution is -2.25. The molecule has 1 unspecified atom stereocenters. The smallest absolute Gasteiger partial charge is 0.125 e. The number of nitrogens with one attached hydrogen (secondary N) is 1. The van der Waals surface area contributed by atoms with Crippen LogP contribution in [0.15, 0.2) is 47.1 Å². The third kappa shape index (κ3) is 3.44. The van der Waals surface area contributed by atoms with Crippen molar-refractivity contribution in [2.45, 2.75) is 31.8 Å². The molecule has 3 nitrogen and oxygen atoms in total. The van der Waals surface area contributed by atoms with E-state index in [0.717, 1.165) is 35.4 Å². The summed E-state index contributed by atoms with van der Waals surface area (Å²) in [6, 6.07) is 12.8. The average molecular weight is 347 g/mol. The van der Waals surface area contributed by atoms with Gasteiger partial charge in [-0.25, -0.2) is 0 Å². The molecule has 0 spiro atoms. The van der Waals surface area contributed by atoms with E-state index in [-0.39, 0.29) is 6.04 Å². The number of nitrogens with zero attached hydrogens (tertiary/aromatic N) is 1. The van der Waals surface area contributed by atoms with Crippen molar-refractivity contribution >= 4 is 15.9 Å². The molecule has 0 fully saturated rings. The summed E-state index contributed by atoms with van der Waals surface area (Å²) < 4.78 is 6.92. The summed E-state index contributed by atoms with van der Waals surface area (Å²) in [5.41, 5.74) is 2.31. The topological polar surface area (TPSA) is 34.1 Å². The van der Waals surface area contributed by atoms with Crippen molar-refractivity contribution in [2.24, 2.45) is 0 Å². The molecular weight excluding hydrogens is 328 g/mol. The number of aromatic nitrogens is 1. The van der Waals surface area contributed by atoms with E-state index in [0.29, 0.717) is 6.04 Å².